The van der Waals surface area contributed by atoms with Gasteiger partial charge in [-0.3, -0.25) is 9.59 Å². The van der Waals surface area contributed by atoms with Gasteiger partial charge in [0.2, 0.25) is 11.8 Å². The molecule has 2 aliphatic heterocycles. The molecule has 6 nitrogen and oxygen atoms in total. The minimum atomic E-state index is 0. The van der Waals surface area contributed by atoms with E-state index in [0.29, 0.717) is 32.7 Å². The quantitative estimate of drug-likeness (QED) is 0.757. The highest BCUT2D eigenvalue weighted by atomic mass is 35.5. The summed E-state index contributed by atoms with van der Waals surface area (Å²) < 4.78 is 5.62. The monoisotopic (exact) mass is 381 g/mol. The minimum Gasteiger partial charge on any atom is -0.376 e. The molecule has 1 atom stereocenters. The third kappa shape index (κ3) is 5.69. The van der Waals surface area contributed by atoms with Crippen LogP contribution in [-0.2, 0) is 20.9 Å². The Morgan fingerprint density at radius 3 is 2.81 bits per heavy atom. The number of halogens is 1. The zero-order chi connectivity index (χ0) is 17.5. The molecule has 0 spiro atoms. The van der Waals surface area contributed by atoms with E-state index in [1.54, 1.807) is 0 Å². The highest BCUT2D eigenvalue weighted by Gasteiger charge is 2.31. The molecule has 0 bridgehead atoms. The molecule has 2 aliphatic rings. The van der Waals surface area contributed by atoms with Gasteiger partial charge >= 0.3 is 0 Å². The second-order valence-electron chi connectivity index (χ2n) is 6.69. The number of likely N-dealkylation sites (tertiary alicyclic amines) is 1. The van der Waals surface area contributed by atoms with Crippen LogP contribution in [0.4, 0.5) is 0 Å². The summed E-state index contributed by atoms with van der Waals surface area (Å²) in [5.74, 6) is 0.275. The van der Waals surface area contributed by atoms with Crippen molar-refractivity contribution >= 4 is 24.2 Å². The van der Waals surface area contributed by atoms with E-state index in [-0.39, 0.29) is 30.3 Å². The first-order chi connectivity index (χ1) is 12.2. The summed E-state index contributed by atoms with van der Waals surface area (Å²) in [6.07, 6.45) is 2.34. The van der Waals surface area contributed by atoms with Gasteiger partial charge < -0.3 is 19.9 Å². The Hall–Kier alpha value is -1.63. The standard InChI is InChI=1S/C19H27N3O3.ClH/c23-18(8-12-25-15-16-5-2-1-3-6-16)21-10-4-7-17(14-21)22-11-9-20-13-19(22)24;/h1-3,5-6,17,20H,4,7-15H2;1H. The normalized spacial score (nSPS) is 20.6. The minimum absolute atomic E-state index is 0. The van der Waals surface area contributed by atoms with Crippen LogP contribution >= 0.6 is 12.4 Å². The number of hydrogen-bond acceptors (Lipinski definition) is 4. The maximum absolute atomic E-state index is 12.4. The molecule has 1 aromatic carbocycles. The lowest BCUT2D eigenvalue weighted by Gasteiger charge is -2.41. The molecule has 26 heavy (non-hydrogen) atoms. The van der Waals surface area contributed by atoms with Gasteiger partial charge in [0.25, 0.3) is 0 Å². The molecule has 2 heterocycles. The number of carbonyl (C=O) groups excluding carboxylic acids is 2. The molecule has 1 aromatic rings. The van der Waals surface area contributed by atoms with Crippen LogP contribution in [0.15, 0.2) is 30.3 Å². The van der Waals surface area contributed by atoms with Crippen LogP contribution in [0.5, 0.6) is 0 Å². The van der Waals surface area contributed by atoms with Gasteiger partial charge in [0.1, 0.15) is 0 Å². The van der Waals surface area contributed by atoms with Gasteiger partial charge in [0, 0.05) is 32.2 Å². The summed E-state index contributed by atoms with van der Waals surface area (Å²) in [6.45, 7) is 4.40. The lowest BCUT2D eigenvalue weighted by molar-refractivity contribution is -0.141. The molecule has 0 aromatic heterocycles. The third-order valence-corrected chi connectivity index (χ3v) is 4.89. The Labute approximate surface area is 161 Å². The van der Waals surface area contributed by atoms with E-state index < -0.39 is 0 Å². The Bertz CT molecular complexity index is 585. The fraction of sp³-hybridized carbons (Fsp3) is 0.579. The number of nitrogens with one attached hydrogen (secondary N) is 1. The Morgan fingerprint density at radius 2 is 2.04 bits per heavy atom. The van der Waals surface area contributed by atoms with Gasteiger partial charge in [-0.05, 0) is 18.4 Å². The van der Waals surface area contributed by atoms with E-state index in [1.807, 2.05) is 40.1 Å². The summed E-state index contributed by atoms with van der Waals surface area (Å²) in [6, 6.07) is 10.1. The number of amides is 2. The van der Waals surface area contributed by atoms with Crippen molar-refractivity contribution in [3.63, 3.8) is 0 Å². The summed E-state index contributed by atoms with van der Waals surface area (Å²) in [7, 11) is 0. The number of benzene rings is 1. The van der Waals surface area contributed by atoms with Gasteiger partial charge in [-0.1, -0.05) is 30.3 Å². The first-order valence-corrected chi connectivity index (χ1v) is 9.13. The van der Waals surface area contributed by atoms with Gasteiger partial charge in [0.05, 0.1) is 26.2 Å². The largest absolute Gasteiger partial charge is 0.376 e. The molecule has 0 aliphatic carbocycles. The lowest BCUT2D eigenvalue weighted by atomic mass is 10.0. The molecule has 144 valence electrons. The van der Waals surface area contributed by atoms with Crippen molar-refractivity contribution in [3.8, 4) is 0 Å². The fourth-order valence-corrected chi connectivity index (χ4v) is 3.52. The molecular weight excluding hydrogens is 354 g/mol. The molecule has 0 saturated carbocycles. The van der Waals surface area contributed by atoms with E-state index >= 15 is 0 Å². The van der Waals surface area contributed by atoms with Crippen molar-refractivity contribution in [2.24, 2.45) is 0 Å². The van der Waals surface area contributed by atoms with Crippen molar-refractivity contribution < 1.29 is 14.3 Å². The molecule has 3 rings (SSSR count). The van der Waals surface area contributed by atoms with Gasteiger partial charge in [-0.15, -0.1) is 12.4 Å². The van der Waals surface area contributed by atoms with E-state index in [2.05, 4.69) is 5.32 Å². The second-order valence-corrected chi connectivity index (χ2v) is 6.69. The van der Waals surface area contributed by atoms with Gasteiger partial charge in [0.15, 0.2) is 0 Å². The fourth-order valence-electron chi connectivity index (χ4n) is 3.52. The van der Waals surface area contributed by atoms with Crippen LogP contribution in [-0.4, -0.2) is 67.0 Å². The number of rotatable bonds is 6. The number of nitrogens with zero attached hydrogens (tertiary/aromatic N) is 2. The SMILES string of the molecule is Cl.O=C(CCOCc1ccccc1)N1CCCC(N2CCNCC2=O)C1. The van der Waals surface area contributed by atoms with Crippen molar-refractivity contribution in [1.29, 1.82) is 0 Å². The predicted octanol–water partition coefficient (Wildman–Crippen LogP) is 1.44. The van der Waals surface area contributed by atoms with E-state index in [0.717, 1.165) is 38.0 Å². The third-order valence-electron chi connectivity index (χ3n) is 4.89. The van der Waals surface area contributed by atoms with Crippen LogP contribution < -0.4 is 5.32 Å². The molecule has 1 unspecified atom stereocenters. The van der Waals surface area contributed by atoms with E-state index in [9.17, 15) is 9.59 Å². The zero-order valence-electron chi connectivity index (χ0n) is 15.1. The summed E-state index contributed by atoms with van der Waals surface area (Å²) in [5.41, 5.74) is 1.12. The number of ether oxygens (including phenoxy) is 1. The molecule has 2 fully saturated rings. The average molecular weight is 382 g/mol. The first-order valence-electron chi connectivity index (χ1n) is 9.13. The van der Waals surface area contributed by atoms with Crippen LogP contribution in [0, 0.1) is 0 Å². The van der Waals surface area contributed by atoms with Crippen LogP contribution in [0.2, 0.25) is 0 Å². The average Bonchev–Trinajstić information content (AvgIpc) is 2.66. The van der Waals surface area contributed by atoms with Crippen molar-refractivity contribution in [2.45, 2.75) is 31.9 Å². The molecule has 2 saturated heterocycles. The number of piperazine rings is 1. The second kappa shape index (κ2) is 10.5. The highest BCUT2D eigenvalue weighted by molar-refractivity contribution is 5.85. The highest BCUT2D eigenvalue weighted by Crippen LogP contribution is 2.17. The molecular formula is C19H28ClN3O3. The van der Waals surface area contributed by atoms with Crippen LogP contribution in [0.1, 0.15) is 24.8 Å². The Morgan fingerprint density at radius 1 is 1.23 bits per heavy atom. The topological polar surface area (TPSA) is 61.9 Å². The van der Waals surface area contributed by atoms with Crippen molar-refractivity contribution in [3.05, 3.63) is 35.9 Å². The van der Waals surface area contributed by atoms with Gasteiger partial charge in [-0.25, -0.2) is 0 Å². The maximum atomic E-state index is 12.4. The Kier molecular flexibility index (Phi) is 8.35. The van der Waals surface area contributed by atoms with Gasteiger partial charge in [-0.2, -0.15) is 0 Å². The lowest BCUT2D eigenvalue weighted by Crippen LogP contribution is -2.57. The van der Waals surface area contributed by atoms with Crippen molar-refractivity contribution in [2.75, 3.05) is 39.3 Å². The molecule has 0 radical (unpaired) electrons. The summed E-state index contributed by atoms with van der Waals surface area (Å²) >= 11 is 0. The van der Waals surface area contributed by atoms with Crippen LogP contribution in [0.25, 0.3) is 0 Å². The van der Waals surface area contributed by atoms with Crippen molar-refractivity contribution in [1.82, 2.24) is 15.1 Å². The van der Waals surface area contributed by atoms with E-state index in [4.69, 9.17) is 4.74 Å². The van der Waals surface area contributed by atoms with Crippen LogP contribution in [0.3, 0.4) is 0 Å². The first kappa shape index (κ1) is 20.7. The molecule has 7 heteroatoms. The zero-order valence-corrected chi connectivity index (χ0v) is 15.9. The molecule has 1 N–H and O–H groups in total. The Balaban J connectivity index is 0.00000243. The summed E-state index contributed by atoms with van der Waals surface area (Å²) in [5, 5.41) is 3.10. The number of hydrogen-bond donors (Lipinski definition) is 1. The number of piperidine rings is 1. The predicted molar refractivity (Wildman–Crippen MR) is 102 cm³/mol. The summed E-state index contributed by atoms with van der Waals surface area (Å²) in [4.78, 5) is 28.3. The molecule has 2 amide bonds. The smallest absolute Gasteiger partial charge is 0.236 e. The van der Waals surface area contributed by atoms with E-state index in [1.165, 1.54) is 0 Å². The maximum Gasteiger partial charge on any atom is 0.236 e. The number of carbonyl (C=O) groups is 2.